The maximum absolute atomic E-state index is 11.1. The van der Waals surface area contributed by atoms with Crippen molar-refractivity contribution in [2.75, 3.05) is 13.1 Å². The minimum atomic E-state index is -0.601. The van der Waals surface area contributed by atoms with Gasteiger partial charge in [-0.2, -0.15) is 0 Å². The molecule has 2 atom stereocenters. The first-order valence-corrected chi connectivity index (χ1v) is 8.05. The van der Waals surface area contributed by atoms with Crippen LogP contribution in [-0.4, -0.2) is 29.2 Å². The number of carbonyl (C=O) groups is 1. The van der Waals surface area contributed by atoms with Gasteiger partial charge in [-0.1, -0.05) is 31.2 Å². The number of phenolic OH excluding ortho intramolecular Hbond substituents is 1. The average Bonchev–Trinajstić information content (AvgIpc) is 2.59. The second-order valence-corrected chi connectivity index (χ2v) is 5.99. The van der Waals surface area contributed by atoms with E-state index in [0.717, 1.165) is 24.1 Å². The number of nitrogens with one attached hydrogen (secondary N) is 1. The number of hydrogen-bond acceptors (Lipinski definition) is 4. The lowest BCUT2D eigenvalue weighted by molar-refractivity contribution is 0.1000. The van der Waals surface area contributed by atoms with Gasteiger partial charge in [-0.3, -0.25) is 4.79 Å². The molecule has 0 aromatic heterocycles. The Morgan fingerprint density at radius 3 is 2.25 bits per heavy atom. The molecule has 0 saturated heterocycles. The van der Waals surface area contributed by atoms with E-state index in [0.29, 0.717) is 18.0 Å². The van der Waals surface area contributed by atoms with Gasteiger partial charge in [0.25, 0.3) is 0 Å². The van der Waals surface area contributed by atoms with E-state index in [1.807, 2.05) is 12.1 Å². The van der Waals surface area contributed by atoms with Gasteiger partial charge in [0.1, 0.15) is 5.75 Å². The Hall–Kier alpha value is -2.37. The van der Waals surface area contributed by atoms with E-state index in [1.165, 1.54) is 0 Å². The Labute approximate surface area is 142 Å². The summed E-state index contributed by atoms with van der Waals surface area (Å²) in [6.45, 7) is 3.35. The summed E-state index contributed by atoms with van der Waals surface area (Å²) < 4.78 is 0. The van der Waals surface area contributed by atoms with Crippen molar-refractivity contribution in [3.8, 4) is 5.75 Å². The maximum Gasteiger partial charge on any atom is 0.248 e. The third kappa shape index (κ3) is 5.08. The Kier molecular flexibility index (Phi) is 6.35. The maximum atomic E-state index is 11.1. The topological polar surface area (TPSA) is 95.6 Å². The van der Waals surface area contributed by atoms with Crippen LogP contribution in [0.15, 0.2) is 48.5 Å². The number of phenols is 1. The second-order valence-electron chi connectivity index (χ2n) is 5.99. The lowest BCUT2D eigenvalue weighted by Crippen LogP contribution is -2.23. The highest BCUT2D eigenvalue weighted by Crippen LogP contribution is 2.19. The molecule has 0 saturated carbocycles. The molecule has 0 aliphatic heterocycles. The molecule has 2 rings (SSSR count). The van der Waals surface area contributed by atoms with E-state index >= 15 is 0 Å². The van der Waals surface area contributed by atoms with Crippen LogP contribution in [0.3, 0.4) is 0 Å². The number of carbonyl (C=O) groups excluding carboxylic acids is 1. The molecule has 0 bridgehead atoms. The summed E-state index contributed by atoms with van der Waals surface area (Å²) in [4.78, 5) is 11.1. The van der Waals surface area contributed by atoms with E-state index in [9.17, 15) is 15.0 Å². The standard InChI is InChI=1S/C19H24N2O3/c1-13(14-2-4-16(5-3-14)19(20)24)10-11-21-12-18(23)15-6-8-17(22)9-7-15/h2-9,13,18,21-23H,10-12H2,1H3,(H2,20,24)/t13-,18?/m1/s1. The number of amides is 1. The predicted octanol–water partition coefficient (Wildman–Crippen LogP) is 2.31. The molecule has 1 unspecified atom stereocenters. The lowest BCUT2D eigenvalue weighted by atomic mass is 9.96. The van der Waals surface area contributed by atoms with E-state index < -0.39 is 12.0 Å². The molecule has 0 aliphatic carbocycles. The summed E-state index contributed by atoms with van der Waals surface area (Å²) in [6, 6.07) is 13.9. The van der Waals surface area contributed by atoms with Crippen LogP contribution in [0, 0.1) is 0 Å². The van der Waals surface area contributed by atoms with Gasteiger partial charge in [-0.15, -0.1) is 0 Å². The van der Waals surface area contributed by atoms with Crippen molar-refractivity contribution >= 4 is 5.91 Å². The van der Waals surface area contributed by atoms with E-state index in [-0.39, 0.29) is 5.75 Å². The fraction of sp³-hybridized carbons (Fsp3) is 0.316. The second kappa shape index (κ2) is 8.47. The summed E-state index contributed by atoms with van der Waals surface area (Å²) in [5, 5.41) is 22.6. The molecule has 1 amide bonds. The van der Waals surface area contributed by atoms with Crippen LogP contribution in [0.4, 0.5) is 0 Å². The SMILES string of the molecule is C[C@H](CCNCC(O)c1ccc(O)cc1)c1ccc(C(N)=O)cc1. The van der Waals surface area contributed by atoms with Gasteiger partial charge in [-0.05, 0) is 54.3 Å². The van der Waals surface area contributed by atoms with E-state index in [1.54, 1.807) is 36.4 Å². The normalized spacial score (nSPS) is 13.4. The van der Waals surface area contributed by atoms with Crippen LogP contribution in [0.2, 0.25) is 0 Å². The molecular weight excluding hydrogens is 304 g/mol. The molecule has 5 nitrogen and oxygen atoms in total. The van der Waals surface area contributed by atoms with Crippen LogP contribution in [-0.2, 0) is 0 Å². The number of aliphatic hydroxyl groups is 1. The largest absolute Gasteiger partial charge is 0.508 e. The van der Waals surface area contributed by atoms with Crippen LogP contribution in [0.25, 0.3) is 0 Å². The summed E-state index contributed by atoms with van der Waals surface area (Å²) in [5.74, 6) is 0.111. The molecule has 24 heavy (non-hydrogen) atoms. The van der Waals surface area contributed by atoms with Crippen molar-refractivity contribution in [1.82, 2.24) is 5.32 Å². The molecule has 5 heteroatoms. The highest BCUT2D eigenvalue weighted by Gasteiger charge is 2.09. The van der Waals surface area contributed by atoms with Gasteiger partial charge in [0.05, 0.1) is 6.10 Å². The fourth-order valence-electron chi connectivity index (χ4n) is 2.51. The van der Waals surface area contributed by atoms with Crippen LogP contribution in [0.5, 0.6) is 5.75 Å². The highest BCUT2D eigenvalue weighted by atomic mass is 16.3. The van der Waals surface area contributed by atoms with Crippen molar-refractivity contribution in [2.24, 2.45) is 5.73 Å². The van der Waals surface area contributed by atoms with E-state index in [2.05, 4.69) is 12.2 Å². The number of aliphatic hydroxyl groups excluding tert-OH is 1. The molecule has 0 fully saturated rings. The quantitative estimate of drug-likeness (QED) is 0.559. The molecule has 128 valence electrons. The Morgan fingerprint density at radius 1 is 1.08 bits per heavy atom. The zero-order valence-corrected chi connectivity index (χ0v) is 13.8. The molecule has 0 aliphatic rings. The number of nitrogens with two attached hydrogens (primary N) is 1. The average molecular weight is 328 g/mol. The lowest BCUT2D eigenvalue weighted by Gasteiger charge is -2.15. The van der Waals surface area contributed by atoms with Gasteiger partial charge >= 0.3 is 0 Å². The number of primary amides is 1. The fourth-order valence-corrected chi connectivity index (χ4v) is 2.51. The Bertz CT molecular complexity index is 653. The molecular formula is C19H24N2O3. The summed E-state index contributed by atoms with van der Waals surface area (Å²) in [7, 11) is 0. The summed E-state index contributed by atoms with van der Waals surface area (Å²) in [5.41, 5.74) is 7.68. The summed E-state index contributed by atoms with van der Waals surface area (Å²) >= 11 is 0. The van der Waals surface area contributed by atoms with Crippen molar-refractivity contribution in [3.63, 3.8) is 0 Å². The molecule has 5 N–H and O–H groups in total. The zero-order chi connectivity index (χ0) is 17.5. The van der Waals surface area contributed by atoms with Gasteiger partial charge in [0.15, 0.2) is 0 Å². The molecule has 0 spiro atoms. The third-order valence-electron chi connectivity index (χ3n) is 4.13. The summed E-state index contributed by atoms with van der Waals surface area (Å²) in [6.07, 6.45) is 0.314. The monoisotopic (exact) mass is 328 g/mol. The minimum Gasteiger partial charge on any atom is -0.508 e. The van der Waals surface area contributed by atoms with Gasteiger partial charge < -0.3 is 21.3 Å². The van der Waals surface area contributed by atoms with Crippen molar-refractivity contribution in [3.05, 3.63) is 65.2 Å². The van der Waals surface area contributed by atoms with Gasteiger partial charge in [0.2, 0.25) is 5.91 Å². The van der Waals surface area contributed by atoms with Crippen LogP contribution >= 0.6 is 0 Å². The smallest absolute Gasteiger partial charge is 0.248 e. The van der Waals surface area contributed by atoms with Crippen LogP contribution in [0.1, 0.15) is 46.9 Å². The molecule has 0 heterocycles. The first-order chi connectivity index (χ1) is 11.5. The Balaban J connectivity index is 1.75. The number of benzene rings is 2. The highest BCUT2D eigenvalue weighted by molar-refractivity contribution is 5.92. The van der Waals surface area contributed by atoms with Gasteiger partial charge in [0, 0.05) is 12.1 Å². The zero-order valence-electron chi connectivity index (χ0n) is 13.8. The third-order valence-corrected chi connectivity index (χ3v) is 4.13. The molecule has 0 radical (unpaired) electrons. The van der Waals surface area contributed by atoms with Crippen molar-refractivity contribution < 1.29 is 15.0 Å². The number of aromatic hydroxyl groups is 1. The number of hydrogen-bond donors (Lipinski definition) is 4. The van der Waals surface area contributed by atoms with Crippen molar-refractivity contribution in [1.29, 1.82) is 0 Å². The van der Waals surface area contributed by atoms with Gasteiger partial charge in [-0.25, -0.2) is 0 Å². The predicted molar refractivity (Wildman–Crippen MR) is 93.9 cm³/mol. The molecule has 2 aromatic rings. The minimum absolute atomic E-state index is 0.190. The molecule has 2 aromatic carbocycles. The van der Waals surface area contributed by atoms with Crippen molar-refractivity contribution in [2.45, 2.75) is 25.4 Å². The first-order valence-electron chi connectivity index (χ1n) is 8.05. The number of rotatable bonds is 8. The van der Waals surface area contributed by atoms with E-state index in [4.69, 9.17) is 5.73 Å². The van der Waals surface area contributed by atoms with Crippen LogP contribution < -0.4 is 11.1 Å². The Morgan fingerprint density at radius 2 is 1.67 bits per heavy atom. The first kappa shape index (κ1) is 18.0.